The number of halogens is 1. The molecule has 1 amide bonds. The maximum absolute atomic E-state index is 12.8. The molecule has 2 saturated heterocycles. The molecule has 0 bridgehead atoms. The molecular weight excluding hydrogens is 477 g/mol. The third-order valence-corrected chi connectivity index (χ3v) is 6.70. The van der Waals surface area contributed by atoms with Crippen molar-refractivity contribution in [1.29, 1.82) is 0 Å². The van der Waals surface area contributed by atoms with Crippen LogP contribution in [0.25, 0.3) is 0 Å². The van der Waals surface area contributed by atoms with E-state index in [-0.39, 0.29) is 29.9 Å². The van der Waals surface area contributed by atoms with Crippen molar-refractivity contribution in [3.05, 3.63) is 0 Å². The summed E-state index contributed by atoms with van der Waals surface area (Å²) in [5.74, 6) is 2.46. The summed E-state index contributed by atoms with van der Waals surface area (Å²) in [4.78, 5) is 22.2. The Kier molecular flexibility index (Phi) is 11.0. The Labute approximate surface area is 194 Å². The first-order valence-electron chi connectivity index (χ1n) is 11.7. The second-order valence-corrected chi connectivity index (χ2v) is 9.03. The number of rotatable bonds is 6. The first-order chi connectivity index (χ1) is 13.7. The molecule has 1 aliphatic carbocycles. The monoisotopic (exact) mass is 519 g/mol. The number of guanidine groups is 1. The molecule has 2 heterocycles. The molecule has 0 aromatic rings. The van der Waals surface area contributed by atoms with Crippen LogP contribution in [0.15, 0.2) is 4.99 Å². The molecule has 0 radical (unpaired) electrons. The SMILES string of the molecule is CCNC(=NCCN1CCC(C)CC1)NC1CCN(C(=O)C2CCCCC2)C1.I. The van der Waals surface area contributed by atoms with E-state index in [1.165, 1.54) is 45.2 Å². The number of carbonyl (C=O) groups is 1. The minimum Gasteiger partial charge on any atom is -0.357 e. The van der Waals surface area contributed by atoms with E-state index in [9.17, 15) is 4.79 Å². The summed E-state index contributed by atoms with van der Waals surface area (Å²) in [6.07, 6.45) is 9.57. The fraction of sp³-hybridized carbons (Fsp3) is 0.909. The number of amides is 1. The van der Waals surface area contributed by atoms with Gasteiger partial charge in [0.2, 0.25) is 5.91 Å². The number of piperidine rings is 1. The third-order valence-electron chi connectivity index (χ3n) is 6.70. The molecule has 3 fully saturated rings. The number of nitrogens with zero attached hydrogens (tertiary/aromatic N) is 3. The minimum absolute atomic E-state index is 0. The number of hydrogen-bond donors (Lipinski definition) is 2. The smallest absolute Gasteiger partial charge is 0.225 e. The highest BCUT2D eigenvalue weighted by Gasteiger charge is 2.31. The van der Waals surface area contributed by atoms with Crippen molar-refractivity contribution in [1.82, 2.24) is 20.4 Å². The predicted octanol–water partition coefficient (Wildman–Crippen LogP) is 3.07. The van der Waals surface area contributed by atoms with E-state index in [0.29, 0.717) is 11.9 Å². The fourth-order valence-corrected chi connectivity index (χ4v) is 4.79. The van der Waals surface area contributed by atoms with E-state index in [4.69, 9.17) is 4.99 Å². The molecule has 0 aromatic heterocycles. The summed E-state index contributed by atoms with van der Waals surface area (Å²) in [6.45, 7) is 11.3. The molecule has 3 aliphatic rings. The standard InChI is InChI=1S/C22H41N5O.HI/c1-3-23-22(24-12-16-26-13-9-18(2)10-14-26)25-20-11-15-27(17-20)21(28)19-7-5-4-6-8-19;/h18-20H,3-17H2,1-2H3,(H2,23,24,25);1H. The maximum Gasteiger partial charge on any atom is 0.225 e. The van der Waals surface area contributed by atoms with Crippen molar-refractivity contribution in [2.75, 3.05) is 45.8 Å². The van der Waals surface area contributed by atoms with Crippen LogP contribution in [-0.4, -0.2) is 73.5 Å². The van der Waals surface area contributed by atoms with Gasteiger partial charge in [-0.25, -0.2) is 0 Å². The minimum atomic E-state index is 0. The number of nitrogens with one attached hydrogen (secondary N) is 2. The lowest BCUT2D eigenvalue weighted by molar-refractivity contribution is -0.135. The summed E-state index contributed by atoms with van der Waals surface area (Å²) < 4.78 is 0. The van der Waals surface area contributed by atoms with Crippen LogP contribution in [0.2, 0.25) is 0 Å². The molecule has 1 unspecified atom stereocenters. The first-order valence-corrected chi connectivity index (χ1v) is 11.7. The molecule has 0 aromatic carbocycles. The summed E-state index contributed by atoms with van der Waals surface area (Å²) in [5.41, 5.74) is 0. The van der Waals surface area contributed by atoms with Gasteiger partial charge >= 0.3 is 0 Å². The molecule has 3 rings (SSSR count). The lowest BCUT2D eigenvalue weighted by Gasteiger charge is -2.29. The van der Waals surface area contributed by atoms with Gasteiger partial charge in [-0.2, -0.15) is 0 Å². The van der Waals surface area contributed by atoms with Gasteiger partial charge in [0.1, 0.15) is 0 Å². The molecule has 6 nitrogen and oxygen atoms in total. The second kappa shape index (κ2) is 13.0. The zero-order chi connectivity index (χ0) is 19.8. The van der Waals surface area contributed by atoms with E-state index in [2.05, 4.69) is 34.3 Å². The number of hydrogen-bond acceptors (Lipinski definition) is 3. The highest BCUT2D eigenvalue weighted by atomic mass is 127. The predicted molar refractivity (Wildman–Crippen MR) is 131 cm³/mol. The molecule has 2 aliphatic heterocycles. The molecule has 168 valence electrons. The van der Waals surface area contributed by atoms with Gasteiger partial charge in [0.05, 0.1) is 6.54 Å². The fourth-order valence-electron chi connectivity index (χ4n) is 4.79. The topological polar surface area (TPSA) is 60.0 Å². The van der Waals surface area contributed by atoms with Gasteiger partial charge < -0.3 is 20.4 Å². The van der Waals surface area contributed by atoms with Crippen LogP contribution in [0.3, 0.4) is 0 Å². The molecule has 29 heavy (non-hydrogen) atoms. The van der Waals surface area contributed by atoms with Crippen molar-refractivity contribution in [2.45, 2.75) is 71.3 Å². The van der Waals surface area contributed by atoms with Crippen molar-refractivity contribution in [3.63, 3.8) is 0 Å². The summed E-state index contributed by atoms with van der Waals surface area (Å²) >= 11 is 0. The average Bonchev–Trinajstić information content (AvgIpc) is 3.18. The molecule has 1 saturated carbocycles. The summed E-state index contributed by atoms with van der Waals surface area (Å²) in [6, 6.07) is 0.321. The largest absolute Gasteiger partial charge is 0.357 e. The highest BCUT2D eigenvalue weighted by molar-refractivity contribution is 14.0. The summed E-state index contributed by atoms with van der Waals surface area (Å²) in [7, 11) is 0. The lowest BCUT2D eigenvalue weighted by atomic mass is 9.88. The van der Waals surface area contributed by atoms with Crippen LogP contribution < -0.4 is 10.6 Å². The van der Waals surface area contributed by atoms with Gasteiger partial charge in [0, 0.05) is 38.1 Å². The van der Waals surface area contributed by atoms with Gasteiger partial charge in [-0.05, 0) is 58.0 Å². The van der Waals surface area contributed by atoms with E-state index in [1.807, 2.05) is 0 Å². The summed E-state index contributed by atoms with van der Waals surface area (Å²) in [5, 5.41) is 6.95. The third kappa shape index (κ3) is 7.89. The number of likely N-dealkylation sites (tertiary alicyclic amines) is 2. The molecule has 7 heteroatoms. The van der Waals surface area contributed by atoms with Crippen LogP contribution >= 0.6 is 24.0 Å². The Morgan fingerprint density at radius 3 is 2.45 bits per heavy atom. The maximum atomic E-state index is 12.8. The molecule has 0 spiro atoms. The van der Waals surface area contributed by atoms with Crippen LogP contribution in [0.1, 0.15) is 65.2 Å². The molecular formula is C22H42IN5O. The molecule has 1 atom stereocenters. The van der Waals surface area contributed by atoms with Crippen molar-refractivity contribution in [3.8, 4) is 0 Å². The van der Waals surface area contributed by atoms with Gasteiger partial charge in [-0.1, -0.05) is 26.2 Å². The van der Waals surface area contributed by atoms with Crippen LogP contribution in [0.4, 0.5) is 0 Å². The Morgan fingerprint density at radius 2 is 1.76 bits per heavy atom. The van der Waals surface area contributed by atoms with Gasteiger partial charge in [0.25, 0.3) is 0 Å². The normalized spacial score (nSPS) is 25.0. The van der Waals surface area contributed by atoms with Crippen molar-refractivity contribution in [2.24, 2.45) is 16.8 Å². The van der Waals surface area contributed by atoms with Gasteiger partial charge in [-0.3, -0.25) is 9.79 Å². The Hall–Kier alpha value is -0.570. The Bertz CT molecular complexity index is 515. The van der Waals surface area contributed by atoms with Crippen molar-refractivity contribution < 1.29 is 4.79 Å². The second-order valence-electron chi connectivity index (χ2n) is 9.03. The zero-order valence-electron chi connectivity index (χ0n) is 18.5. The van der Waals surface area contributed by atoms with Crippen molar-refractivity contribution >= 4 is 35.8 Å². The Balaban J connectivity index is 0.00000300. The van der Waals surface area contributed by atoms with Gasteiger partial charge in [0.15, 0.2) is 5.96 Å². The highest BCUT2D eigenvalue weighted by Crippen LogP contribution is 2.26. The molecule has 2 N–H and O–H groups in total. The average molecular weight is 520 g/mol. The van der Waals surface area contributed by atoms with Crippen LogP contribution in [0, 0.1) is 11.8 Å². The number of carbonyl (C=O) groups excluding carboxylic acids is 1. The van der Waals surface area contributed by atoms with Crippen LogP contribution in [-0.2, 0) is 4.79 Å². The van der Waals surface area contributed by atoms with Gasteiger partial charge in [-0.15, -0.1) is 24.0 Å². The number of aliphatic imine (C=N–C) groups is 1. The van der Waals surface area contributed by atoms with E-state index < -0.39 is 0 Å². The van der Waals surface area contributed by atoms with Crippen LogP contribution in [0.5, 0.6) is 0 Å². The van der Waals surface area contributed by atoms with E-state index in [1.54, 1.807) is 0 Å². The zero-order valence-corrected chi connectivity index (χ0v) is 20.8. The lowest BCUT2D eigenvalue weighted by Crippen LogP contribution is -2.46. The van der Waals surface area contributed by atoms with E-state index in [0.717, 1.165) is 63.9 Å². The quantitative estimate of drug-likeness (QED) is 0.322. The van der Waals surface area contributed by atoms with E-state index >= 15 is 0 Å². The first kappa shape index (κ1) is 24.7. The Morgan fingerprint density at radius 1 is 1.03 bits per heavy atom.